The van der Waals surface area contributed by atoms with E-state index < -0.39 is 0 Å². The molecule has 1 unspecified atom stereocenters. The summed E-state index contributed by atoms with van der Waals surface area (Å²) in [4.78, 5) is 2.30. The lowest BCUT2D eigenvalue weighted by atomic mass is 10.1. The van der Waals surface area contributed by atoms with Gasteiger partial charge in [0.15, 0.2) is 0 Å². The highest BCUT2D eigenvalue weighted by Gasteiger charge is 2.16. The molecular weight excluding hydrogens is 210 g/mol. The predicted octanol–water partition coefficient (Wildman–Crippen LogP) is 2.56. The van der Waals surface area contributed by atoms with E-state index in [4.69, 9.17) is 5.73 Å². The maximum Gasteiger partial charge on any atom is 0.0981 e. The number of nitrogens with two attached hydrogens (primary N) is 1. The van der Waals surface area contributed by atoms with E-state index in [1.807, 2.05) is 12.3 Å². The van der Waals surface area contributed by atoms with Gasteiger partial charge in [-0.05, 0) is 25.7 Å². The Morgan fingerprint density at radius 1 is 1.24 bits per heavy atom. The molecule has 0 aromatic heterocycles. The van der Waals surface area contributed by atoms with Crippen LogP contribution in [0.2, 0.25) is 0 Å². The number of hydrogen-bond donors (Lipinski definition) is 2. The highest BCUT2D eigenvalue weighted by Crippen LogP contribution is 2.13. The maximum absolute atomic E-state index is 5.58. The quantitative estimate of drug-likeness (QED) is 0.453. The third kappa shape index (κ3) is 5.78. The van der Waals surface area contributed by atoms with Gasteiger partial charge in [0, 0.05) is 25.5 Å². The van der Waals surface area contributed by atoms with Gasteiger partial charge in [0.2, 0.25) is 0 Å². The molecule has 0 radical (unpaired) electrons. The first-order valence-electron chi connectivity index (χ1n) is 6.88. The van der Waals surface area contributed by atoms with E-state index in [-0.39, 0.29) is 0 Å². The van der Waals surface area contributed by atoms with Crippen LogP contribution < -0.4 is 11.1 Å². The smallest absolute Gasteiger partial charge is 0.0981 e. The van der Waals surface area contributed by atoms with Crippen LogP contribution in [0.4, 0.5) is 0 Å². The summed E-state index contributed by atoms with van der Waals surface area (Å²) in [6, 6.07) is 0. The van der Waals surface area contributed by atoms with Crippen molar-refractivity contribution >= 4 is 0 Å². The van der Waals surface area contributed by atoms with Gasteiger partial charge in [0.1, 0.15) is 0 Å². The summed E-state index contributed by atoms with van der Waals surface area (Å²) >= 11 is 0. The van der Waals surface area contributed by atoms with Gasteiger partial charge in [0.05, 0.1) is 6.17 Å². The summed E-state index contributed by atoms with van der Waals surface area (Å²) in [5.74, 6) is 0. The van der Waals surface area contributed by atoms with Crippen LogP contribution in [0, 0.1) is 0 Å². The third-order valence-corrected chi connectivity index (χ3v) is 3.23. The lowest BCUT2D eigenvalue weighted by molar-refractivity contribution is 0.264. The molecular formula is C14H27N3. The minimum Gasteiger partial charge on any atom is -0.370 e. The monoisotopic (exact) mass is 237 g/mol. The SMILES string of the molecule is C=CCCCCCCCC1NC=CN1CCN. The number of hydrogen-bond acceptors (Lipinski definition) is 3. The Hall–Kier alpha value is -0.960. The van der Waals surface area contributed by atoms with Crippen LogP contribution in [0.1, 0.15) is 44.9 Å². The Labute approximate surface area is 106 Å². The molecule has 0 aliphatic carbocycles. The van der Waals surface area contributed by atoms with Gasteiger partial charge in [-0.15, -0.1) is 6.58 Å². The molecule has 3 heteroatoms. The predicted molar refractivity (Wildman–Crippen MR) is 74.3 cm³/mol. The second-order valence-corrected chi connectivity index (χ2v) is 4.66. The fraction of sp³-hybridized carbons (Fsp3) is 0.714. The minimum atomic E-state index is 0.478. The van der Waals surface area contributed by atoms with Crippen LogP contribution in [0.3, 0.4) is 0 Å². The highest BCUT2D eigenvalue weighted by molar-refractivity contribution is 4.94. The molecule has 3 nitrogen and oxygen atoms in total. The molecule has 17 heavy (non-hydrogen) atoms. The Balaban J connectivity index is 1.97. The van der Waals surface area contributed by atoms with Gasteiger partial charge in [-0.2, -0.15) is 0 Å². The molecule has 0 spiro atoms. The molecule has 0 aromatic rings. The second kappa shape index (κ2) is 9.11. The van der Waals surface area contributed by atoms with Gasteiger partial charge >= 0.3 is 0 Å². The molecule has 0 saturated heterocycles. The van der Waals surface area contributed by atoms with Crippen molar-refractivity contribution in [3.63, 3.8) is 0 Å². The molecule has 0 bridgehead atoms. The van der Waals surface area contributed by atoms with E-state index in [1.54, 1.807) is 0 Å². The van der Waals surface area contributed by atoms with E-state index in [1.165, 1.54) is 44.9 Å². The van der Waals surface area contributed by atoms with E-state index in [9.17, 15) is 0 Å². The van der Waals surface area contributed by atoms with Crippen LogP contribution in [-0.4, -0.2) is 24.2 Å². The zero-order valence-corrected chi connectivity index (χ0v) is 10.9. The summed E-state index contributed by atoms with van der Waals surface area (Å²) in [7, 11) is 0. The van der Waals surface area contributed by atoms with Crippen LogP contribution in [0.15, 0.2) is 25.1 Å². The molecule has 0 aromatic carbocycles. The lowest BCUT2D eigenvalue weighted by Crippen LogP contribution is -2.37. The van der Waals surface area contributed by atoms with Gasteiger partial charge < -0.3 is 16.0 Å². The van der Waals surface area contributed by atoms with Crippen molar-refractivity contribution in [1.29, 1.82) is 0 Å². The Bertz CT molecular complexity index is 226. The zero-order valence-electron chi connectivity index (χ0n) is 10.9. The summed E-state index contributed by atoms with van der Waals surface area (Å²) in [6.07, 6.45) is 15.6. The molecule has 0 saturated carbocycles. The van der Waals surface area contributed by atoms with Crippen molar-refractivity contribution in [3.8, 4) is 0 Å². The topological polar surface area (TPSA) is 41.3 Å². The largest absolute Gasteiger partial charge is 0.370 e. The molecule has 0 fully saturated rings. The Morgan fingerprint density at radius 2 is 2.00 bits per heavy atom. The van der Waals surface area contributed by atoms with Crippen molar-refractivity contribution in [1.82, 2.24) is 10.2 Å². The summed E-state index contributed by atoms with van der Waals surface area (Å²) in [6.45, 7) is 5.42. The van der Waals surface area contributed by atoms with Crippen LogP contribution >= 0.6 is 0 Å². The number of unbranched alkanes of at least 4 members (excludes halogenated alkanes) is 5. The van der Waals surface area contributed by atoms with E-state index in [0.717, 1.165) is 13.1 Å². The van der Waals surface area contributed by atoms with E-state index >= 15 is 0 Å². The van der Waals surface area contributed by atoms with Crippen molar-refractivity contribution in [3.05, 3.63) is 25.1 Å². The molecule has 3 N–H and O–H groups in total. The van der Waals surface area contributed by atoms with E-state index in [0.29, 0.717) is 6.17 Å². The molecule has 1 atom stereocenters. The average molecular weight is 237 g/mol. The summed E-state index contributed by atoms with van der Waals surface area (Å²) in [5.41, 5.74) is 5.58. The average Bonchev–Trinajstić information content (AvgIpc) is 2.76. The Morgan fingerprint density at radius 3 is 2.76 bits per heavy atom. The Kier molecular flexibility index (Phi) is 7.56. The highest BCUT2D eigenvalue weighted by atomic mass is 15.3. The number of rotatable bonds is 10. The van der Waals surface area contributed by atoms with E-state index in [2.05, 4.69) is 23.0 Å². The second-order valence-electron chi connectivity index (χ2n) is 4.66. The van der Waals surface area contributed by atoms with Gasteiger partial charge in [-0.25, -0.2) is 0 Å². The first-order valence-corrected chi connectivity index (χ1v) is 6.88. The standard InChI is InChI=1S/C14H27N3/c1-2-3-4-5-6-7-8-9-14-16-11-13-17(14)12-10-15/h2,11,13-14,16H,1,3-10,12,15H2. The molecule has 0 amide bonds. The van der Waals surface area contributed by atoms with Gasteiger partial charge in [-0.3, -0.25) is 0 Å². The molecule has 1 heterocycles. The molecule has 98 valence electrons. The third-order valence-electron chi connectivity index (χ3n) is 3.23. The maximum atomic E-state index is 5.58. The van der Waals surface area contributed by atoms with Crippen molar-refractivity contribution in [2.24, 2.45) is 5.73 Å². The molecule has 1 aliphatic rings. The zero-order chi connectivity index (χ0) is 12.3. The number of nitrogens with zero attached hydrogens (tertiary/aromatic N) is 1. The summed E-state index contributed by atoms with van der Waals surface area (Å²) < 4.78 is 0. The fourth-order valence-corrected chi connectivity index (χ4v) is 2.23. The van der Waals surface area contributed by atoms with Crippen LogP contribution in [0.25, 0.3) is 0 Å². The molecule has 1 rings (SSSR count). The van der Waals surface area contributed by atoms with Crippen LogP contribution in [0.5, 0.6) is 0 Å². The fourth-order valence-electron chi connectivity index (χ4n) is 2.23. The normalized spacial score (nSPS) is 18.4. The van der Waals surface area contributed by atoms with Gasteiger partial charge in [-0.1, -0.05) is 25.3 Å². The van der Waals surface area contributed by atoms with Crippen LogP contribution in [-0.2, 0) is 0 Å². The first-order chi connectivity index (χ1) is 8.38. The number of nitrogens with one attached hydrogen (secondary N) is 1. The van der Waals surface area contributed by atoms with Crippen molar-refractivity contribution < 1.29 is 0 Å². The molecule has 1 aliphatic heterocycles. The minimum absolute atomic E-state index is 0.478. The van der Waals surface area contributed by atoms with Gasteiger partial charge in [0.25, 0.3) is 0 Å². The van der Waals surface area contributed by atoms with Crippen molar-refractivity contribution in [2.75, 3.05) is 13.1 Å². The number of allylic oxidation sites excluding steroid dienone is 1. The van der Waals surface area contributed by atoms with Crippen molar-refractivity contribution in [2.45, 2.75) is 51.1 Å². The first kappa shape index (κ1) is 14.1. The lowest BCUT2D eigenvalue weighted by Gasteiger charge is -2.25. The summed E-state index contributed by atoms with van der Waals surface area (Å²) in [5, 5.41) is 3.38.